The van der Waals surface area contributed by atoms with Crippen molar-refractivity contribution in [2.24, 2.45) is 0 Å². The van der Waals surface area contributed by atoms with Gasteiger partial charge >= 0.3 is 0 Å². The molecule has 2 rings (SSSR count). The lowest BCUT2D eigenvalue weighted by Gasteiger charge is -2.35. The van der Waals surface area contributed by atoms with E-state index in [0.717, 1.165) is 43.4 Å². The van der Waals surface area contributed by atoms with Gasteiger partial charge < -0.3 is 14.7 Å². The van der Waals surface area contributed by atoms with Crippen LogP contribution in [0.25, 0.3) is 0 Å². The van der Waals surface area contributed by atoms with Crippen LogP contribution in [0.1, 0.15) is 55.5 Å². The largest absolute Gasteiger partial charge is 0.390 e. The normalized spacial score (nSPS) is 19.0. The molecule has 4 heteroatoms. The highest BCUT2D eigenvalue weighted by atomic mass is 16.5. The summed E-state index contributed by atoms with van der Waals surface area (Å²) in [4.78, 5) is 14.8. The number of nitrogens with zero attached hydrogens (tertiary/aromatic N) is 1. The number of hydrogen-bond donors (Lipinski definition) is 1. The van der Waals surface area contributed by atoms with Crippen LogP contribution in [-0.2, 0) is 11.2 Å². The Morgan fingerprint density at radius 1 is 1.39 bits per heavy atom. The number of aliphatic hydroxyl groups is 1. The second-order valence-corrected chi connectivity index (χ2v) is 7.12. The fourth-order valence-electron chi connectivity index (χ4n) is 3.11. The molecule has 128 valence electrons. The number of likely N-dealkylation sites (tertiary alicyclic amines) is 1. The van der Waals surface area contributed by atoms with E-state index in [0.29, 0.717) is 13.0 Å². The summed E-state index contributed by atoms with van der Waals surface area (Å²) in [6.45, 7) is 5.03. The SMILES string of the molecule is COC[C@H]1CCCCN1C(=O)c1cccc(CCC(C)(C)O)c1. The lowest BCUT2D eigenvalue weighted by atomic mass is 9.97. The fourth-order valence-corrected chi connectivity index (χ4v) is 3.11. The maximum absolute atomic E-state index is 12.9. The summed E-state index contributed by atoms with van der Waals surface area (Å²) in [5.41, 5.74) is 1.15. The predicted molar refractivity (Wildman–Crippen MR) is 91.6 cm³/mol. The molecule has 1 aromatic rings. The molecule has 1 aliphatic heterocycles. The van der Waals surface area contributed by atoms with Crippen LogP contribution < -0.4 is 0 Å². The Balaban J connectivity index is 2.09. The zero-order chi connectivity index (χ0) is 16.9. The third-order valence-corrected chi connectivity index (χ3v) is 4.45. The lowest BCUT2D eigenvalue weighted by Crippen LogP contribution is -2.46. The third kappa shape index (κ3) is 5.33. The molecule has 1 atom stereocenters. The molecule has 1 saturated heterocycles. The number of carbonyl (C=O) groups excluding carboxylic acids is 1. The van der Waals surface area contributed by atoms with Crippen molar-refractivity contribution in [3.63, 3.8) is 0 Å². The van der Waals surface area contributed by atoms with Crippen LogP contribution in [-0.4, -0.2) is 47.8 Å². The number of aryl methyl sites for hydroxylation is 1. The molecule has 1 fully saturated rings. The van der Waals surface area contributed by atoms with E-state index in [2.05, 4.69) is 0 Å². The van der Waals surface area contributed by atoms with Crippen LogP contribution in [0, 0.1) is 0 Å². The van der Waals surface area contributed by atoms with Gasteiger partial charge in [-0.1, -0.05) is 12.1 Å². The average Bonchev–Trinajstić information content (AvgIpc) is 2.53. The smallest absolute Gasteiger partial charge is 0.254 e. The number of ether oxygens (including phenoxy) is 1. The van der Waals surface area contributed by atoms with Crippen LogP contribution in [0.3, 0.4) is 0 Å². The van der Waals surface area contributed by atoms with Gasteiger partial charge in [0.2, 0.25) is 0 Å². The molecular formula is C19H29NO3. The van der Waals surface area contributed by atoms with E-state index in [-0.39, 0.29) is 11.9 Å². The van der Waals surface area contributed by atoms with Gasteiger partial charge in [0, 0.05) is 19.2 Å². The summed E-state index contributed by atoms with van der Waals surface area (Å²) in [7, 11) is 1.69. The van der Waals surface area contributed by atoms with Gasteiger partial charge in [0.05, 0.1) is 18.2 Å². The van der Waals surface area contributed by atoms with E-state index >= 15 is 0 Å². The molecule has 0 radical (unpaired) electrons. The highest BCUT2D eigenvalue weighted by molar-refractivity contribution is 5.94. The van der Waals surface area contributed by atoms with E-state index in [4.69, 9.17) is 4.74 Å². The summed E-state index contributed by atoms with van der Waals surface area (Å²) in [5.74, 6) is 0.0943. The molecule has 0 saturated carbocycles. The third-order valence-electron chi connectivity index (χ3n) is 4.45. The zero-order valence-electron chi connectivity index (χ0n) is 14.5. The van der Waals surface area contributed by atoms with Crippen molar-refractivity contribution in [3.8, 4) is 0 Å². The molecule has 4 nitrogen and oxygen atoms in total. The second kappa shape index (κ2) is 7.93. The minimum atomic E-state index is -0.684. The first kappa shape index (κ1) is 18.0. The van der Waals surface area contributed by atoms with Crippen molar-refractivity contribution < 1.29 is 14.6 Å². The Morgan fingerprint density at radius 3 is 2.87 bits per heavy atom. The van der Waals surface area contributed by atoms with Gasteiger partial charge in [-0.05, 0) is 63.6 Å². The maximum atomic E-state index is 12.9. The molecule has 1 heterocycles. The first-order valence-corrected chi connectivity index (χ1v) is 8.52. The van der Waals surface area contributed by atoms with Crippen LogP contribution in [0.2, 0.25) is 0 Å². The van der Waals surface area contributed by atoms with Crippen molar-refractivity contribution in [2.75, 3.05) is 20.3 Å². The molecule has 23 heavy (non-hydrogen) atoms. The maximum Gasteiger partial charge on any atom is 0.254 e. The minimum Gasteiger partial charge on any atom is -0.390 e. The van der Waals surface area contributed by atoms with Gasteiger partial charge in [-0.2, -0.15) is 0 Å². The van der Waals surface area contributed by atoms with Gasteiger partial charge in [0.15, 0.2) is 0 Å². The number of benzene rings is 1. The van der Waals surface area contributed by atoms with Gasteiger partial charge in [0.1, 0.15) is 0 Å². The minimum absolute atomic E-state index is 0.0943. The number of carbonyl (C=O) groups is 1. The Kier molecular flexibility index (Phi) is 6.19. The number of amides is 1. The summed E-state index contributed by atoms with van der Waals surface area (Å²) in [6, 6.07) is 7.98. The molecule has 0 aromatic heterocycles. The van der Waals surface area contributed by atoms with E-state index in [1.54, 1.807) is 7.11 Å². The van der Waals surface area contributed by atoms with E-state index in [1.807, 2.05) is 43.0 Å². The van der Waals surface area contributed by atoms with E-state index in [9.17, 15) is 9.90 Å². The molecule has 1 aromatic carbocycles. The van der Waals surface area contributed by atoms with E-state index in [1.165, 1.54) is 0 Å². The quantitative estimate of drug-likeness (QED) is 0.877. The Hall–Kier alpha value is -1.39. The van der Waals surface area contributed by atoms with Crippen LogP contribution in [0.5, 0.6) is 0 Å². The Morgan fingerprint density at radius 2 is 2.17 bits per heavy atom. The van der Waals surface area contributed by atoms with Gasteiger partial charge in [-0.15, -0.1) is 0 Å². The van der Waals surface area contributed by atoms with Crippen LogP contribution in [0.4, 0.5) is 0 Å². The topological polar surface area (TPSA) is 49.8 Å². The van der Waals surface area contributed by atoms with Crippen molar-refractivity contribution in [1.29, 1.82) is 0 Å². The number of piperidine rings is 1. The van der Waals surface area contributed by atoms with Gasteiger partial charge in [0.25, 0.3) is 5.91 Å². The first-order valence-electron chi connectivity index (χ1n) is 8.52. The monoisotopic (exact) mass is 319 g/mol. The Bertz CT molecular complexity index is 520. The Labute approximate surface area is 139 Å². The van der Waals surface area contributed by atoms with Gasteiger partial charge in [-0.25, -0.2) is 0 Å². The number of rotatable bonds is 6. The van der Waals surface area contributed by atoms with Crippen LogP contribution >= 0.6 is 0 Å². The molecule has 0 bridgehead atoms. The van der Waals surface area contributed by atoms with Crippen molar-refractivity contribution in [3.05, 3.63) is 35.4 Å². The highest BCUT2D eigenvalue weighted by Crippen LogP contribution is 2.21. The average molecular weight is 319 g/mol. The summed E-state index contributed by atoms with van der Waals surface area (Å²) in [5, 5.41) is 9.87. The molecule has 0 aliphatic carbocycles. The second-order valence-electron chi connectivity index (χ2n) is 7.12. The van der Waals surface area contributed by atoms with E-state index < -0.39 is 5.60 Å². The van der Waals surface area contributed by atoms with Crippen molar-refractivity contribution in [1.82, 2.24) is 4.90 Å². The highest BCUT2D eigenvalue weighted by Gasteiger charge is 2.27. The predicted octanol–water partition coefficient (Wildman–Crippen LogP) is 3.03. The lowest BCUT2D eigenvalue weighted by molar-refractivity contribution is 0.0428. The first-order chi connectivity index (χ1) is 10.9. The standard InChI is InChI=1S/C19H29NO3/c1-19(2,22)11-10-15-7-6-8-16(13-15)18(21)20-12-5-4-9-17(20)14-23-3/h6-8,13,17,22H,4-5,9-12,14H2,1-3H3/t17-/m1/s1. The molecule has 0 unspecified atom stereocenters. The van der Waals surface area contributed by atoms with Crippen LogP contribution in [0.15, 0.2) is 24.3 Å². The number of hydrogen-bond acceptors (Lipinski definition) is 3. The molecule has 0 spiro atoms. The van der Waals surface area contributed by atoms with Gasteiger partial charge in [-0.3, -0.25) is 4.79 Å². The molecular weight excluding hydrogens is 290 g/mol. The summed E-state index contributed by atoms with van der Waals surface area (Å²) in [6.07, 6.45) is 4.68. The molecule has 1 aliphatic rings. The summed E-state index contributed by atoms with van der Waals surface area (Å²) >= 11 is 0. The van der Waals surface area contributed by atoms with Crippen molar-refractivity contribution >= 4 is 5.91 Å². The molecule has 1 amide bonds. The zero-order valence-corrected chi connectivity index (χ0v) is 14.5. The fraction of sp³-hybridized carbons (Fsp3) is 0.632. The van der Waals surface area contributed by atoms with Crippen molar-refractivity contribution in [2.45, 2.75) is 57.6 Å². The molecule has 1 N–H and O–H groups in total. The number of methoxy groups -OCH3 is 1. The summed E-state index contributed by atoms with van der Waals surface area (Å²) < 4.78 is 5.28.